The van der Waals surface area contributed by atoms with Crippen molar-refractivity contribution in [3.05, 3.63) is 87.7 Å². The van der Waals surface area contributed by atoms with Crippen LogP contribution in [0.5, 0.6) is 5.75 Å². The summed E-state index contributed by atoms with van der Waals surface area (Å²) >= 11 is 3.42. The molecule has 0 fully saturated rings. The standard InChI is InChI=1S/C26H24BrN3O2/c1-15-8-5-6-11-20(15)23-16(2)21(12-13-22(23)32-4)25-28-17(3)24(30-25)26(31)29-19-10-7-9-18(27)14-19/h5-14H,1-4H3,(H,28,30)(H,29,31). The van der Waals surface area contributed by atoms with Crippen LogP contribution in [0.25, 0.3) is 22.5 Å². The minimum absolute atomic E-state index is 0.256. The lowest BCUT2D eigenvalue weighted by molar-refractivity contribution is 0.102. The highest BCUT2D eigenvalue weighted by Gasteiger charge is 2.20. The quantitative estimate of drug-likeness (QED) is 0.328. The van der Waals surface area contributed by atoms with Crippen LogP contribution in [0.2, 0.25) is 0 Å². The number of benzene rings is 3. The fourth-order valence-corrected chi connectivity index (χ4v) is 4.27. The third-order valence-corrected chi connectivity index (χ3v) is 5.99. The van der Waals surface area contributed by atoms with E-state index in [9.17, 15) is 4.79 Å². The van der Waals surface area contributed by atoms with Crippen LogP contribution in [0.4, 0.5) is 5.69 Å². The third-order valence-electron chi connectivity index (χ3n) is 5.50. The molecule has 0 aliphatic rings. The van der Waals surface area contributed by atoms with Gasteiger partial charge in [0.05, 0.1) is 7.11 Å². The normalized spacial score (nSPS) is 10.8. The van der Waals surface area contributed by atoms with Gasteiger partial charge in [-0.05, 0) is 67.8 Å². The fraction of sp³-hybridized carbons (Fsp3) is 0.154. The first-order chi connectivity index (χ1) is 15.4. The first-order valence-electron chi connectivity index (χ1n) is 10.3. The average Bonchev–Trinajstić information content (AvgIpc) is 3.15. The van der Waals surface area contributed by atoms with E-state index in [1.54, 1.807) is 7.11 Å². The largest absolute Gasteiger partial charge is 0.496 e. The number of H-pyrrole nitrogens is 1. The summed E-state index contributed by atoms with van der Waals surface area (Å²) < 4.78 is 6.57. The molecule has 0 aliphatic heterocycles. The molecule has 1 aromatic heterocycles. The van der Waals surface area contributed by atoms with E-state index < -0.39 is 0 Å². The summed E-state index contributed by atoms with van der Waals surface area (Å²) in [5.74, 6) is 1.20. The molecule has 6 heteroatoms. The summed E-state index contributed by atoms with van der Waals surface area (Å²) in [4.78, 5) is 20.8. The van der Waals surface area contributed by atoms with E-state index in [1.165, 1.54) is 0 Å². The van der Waals surface area contributed by atoms with Crippen LogP contribution in [-0.2, 0) is 0 Å². The summed E-state index contributed by atoms with van der Waals surface area (Å²) in [5.41, 5.74) is 7.04. The van der Waals surface area contributed by atoms with Crippen molar-refractivity contribution in [1.82, 2.24) is 9.97 Å². The number of carbonyl (C=O) groups excluding carboxylic acids is 1. The van der Waals surface area contributed by atoms with Crippen LogP contribution < -0.4 is 10.1 Å². The molecule has 0 radical (unpaired) electrons. The van der Waals surface area contributed by atoms with Crippen molar-refractivity contribution in [2.45, 2.75) is 20.8 Å². The highest BCUT2D eigenvalue weighted by molar-refractivity contribution is 9.10. The Balaban J connectivity index is 1.74. The van der Waals surface area contributed by atoms with Crippen LogP contribution in [0.3, 0.4) is 0 Å². The van der Waals surface area contributed by atoms with Crippen LogP contribution >= 0.6 is 15.9 Å². The Morgan fingerprint density at radius 2 is 1.78 bits per heavy atom. The van der Waals surface area contributed by atoms with Gasteiger partial charge in [-0.2, -0.15) is 0 Å². The number of aromatic amines is 1. The Kier molecular flexibility index (Phi) is 6.15. The van der Waals surface area contributed by atoms with Crippen LogP contribution in [0.1, 0.15) is 27.3 Å². The second-order valence-corrected chi connectivity index (χ2v) is 8.57. The maximum atomic E-state index is 12.9. The molecular weight excluding hydrogens is 466 g/mol. The summed E-state index contributed by atoms with van der Waals surface area (Å²) in [6, 6.07) is 19.6. The van der Waals surface area contributed by atoms with Gasteiger partial charge in [-0.3, -0.25) is 4.79 Å². The van der Waals surface area contributed by atoms with Gasteiger partial charge < -0.3 is 15.0 Å². The zero-order chi connectivity index (χ0) is 22.8. The van der Waals surface area contributed by atoms with E-state index in [1.807, 2.05) is 55.5 Å². The minimum Gasteiger partial charge on any atom is -0.496 e. The minimum atomic E-state index is -0.256. The van der Waals surface area contributed by atoms with Crippen molar-refractivity contribution >= 4 is 27.5 Å². The van der Waals surface area contributed by atoms with Gasteiger partial charge in [0, 0.05) is 27.0 Å². The van der Waals surface area contributed by atoms with Crippen molar-refractivity contribution in [2.24, 2.45) is 0 Å². The Morgan fingerprint density at radius 1 is 1.00 bits per heavy atom. The number of imidazole rings is 1. The SMILES string of the molecule is COc1ccc(-c2nc(C(=O)Nc3cccc(Br)c3)c(C)[nH]2)c(C)c1-c1ccccc1C. The van der Waals surface area contributed by atoms with Crippen LogP contribution in [-0.4, -0.2) is 23.0 Å². The molecule has 0 unspecified atom stereocenters. The summed E-state index contributed by atoms with van der Waals surface area (Å²) in [6.07, 6.45) is 0. The Hall–Kier alpha value is -3.38. The molecule has 5 nitrogen and oxygen atoms in total. The van der Waals surface area contributed by atoms with E-state index in [2.05, 4.69) is 57.2 Å². The topological polar surface area (TPSA) is 67.0 Å². The first-order valence-corrected chi connectivity index (χ1v) is 11.1. The molecule has 4 aromatic rings. The second kappa shape index (κ2) is 9.01. The summed E-state index contributed by atoms with van der Waals surface area (Å²) in [6.45, 7) is 5.99. The fourth-order valence-electron chi connectivity index (χ4n) is 3.87. The molecular formula is C26H24BrN3O2. The first kappa shape index (κ1) is 21.8. The maximum absolute atomic E-state index is 12.9. The van der Waals surface area contributed by atoms with Crippen molar-refractivity contribution < 1.29 is 9.53 Å². The highest BCUT2D eigenvalue weighted by Crippen LogP contribution is 2.39. The molecule has 0 saturated carbocycles. The van der Waals surface area contributed by atoms with Gasteiger partial charge in [-0.25, -0.2) is 4.98 Å². The molecule has 3 aromatic carbocycles. The monoisotopic (exact) mass is 489 g/mol. The molecule has 4 rings (SSSR count). The van der Waals surface area contributed by atoms with Crippen LogP contribution in [0.15, 0.2) is 65.1 Å². The summed E-state index contributed by atoms with van der Waals surface area (Å²) in [7, 11) is 1.68. The van der Waals surface area contributed by atoms with Gasteiger partial charge >= 0.3 is 0 Å². The van der Waals surface area contributed by atoms with Gasteiger partial charge in [-0.15, -0.1) is 0 Å². The number of aromatic nitrogens is 2. The zero-order valence-corrected chi connectivity index (χ0v) is 20.0. The lowest BCUT2D eigenvalue weighted by Gasteiger charge is -2.16. The lowest BCUT2D eigenvalue weighted by Crippen LogP contribution is -2.13. The molecule has 0 spiro atoms. The molecule has 162 valence electrons. The number of hydrogen-bond donors (Lipinski definition) is 2. The van der Waals surface area contributed by atoms with Gasteiger partial charge in [0.25, 0.3) is 5.91 Å². The smallest absolute Gasteiger partial charge is 0.276 e. The van der Waals surface area contributed by atoms with Gasteiger partial charge in [0.1, 0.15) is 17.3 Å². The predicted octanol–water partition coefficient (Wildman–Crippen LogP) is 6.69. The lowest BCUT2D eigenvalue weighted by atomic mass is 9.92. The molecule has 2 N–H and O–H groups in total. The Labute approximate surface area is 196 Å². The van der Waals surface area contributed by atoms with Crippen molar-refractivity contribution in [3.63, 3.8) is 0 Å². The van der Waals surface area contributed by atoms with Gasteiger partial charge in [-0.1, -0.05) is 46.3 Å². The Bertz CT molecular complexity index is 1310. The number of hydrogen-bond acceptors (Lipinski definition) is 3. The molecule has 0 atom stereocenters. The average molecular weight is 490 g/mol. The molecule has 0 aliphatic carbocycles. The molecule has 1 amide bonds. The number of methoxy groups -OCH3 is 1. The molecule has 0 saturated heterocycles. The third kappa shape index (κ3) is 4.18. The van der Waals surface area contributed by atoms with E-state index >= 15 is 0 Å². The number of rotatable bonds is 5. The van der Waals surface area contributed by atoms with Crippen molar-refractivity contribution in [2.75, 3.05) is 12.4 Å². The molecule has 0 bridgehead atoms. The number of nitrogens with one attached hydrogen (secondary N) is 2. The van der Waals surface area contributed by atoms with Gasteiger partial charge in [0.15, 0.2) is 0 Å². The van der Waals surface area contributed by atoms with E-state index in [-0.39, 0.29) is 5.91 Å². The highest BCUT2D eigenvalue weighted by atomic mass is 79.9. The van der Waals surface area contributed by atoms with Gasteiger partial charge in [0.2, 0.25) is 0 Å². The number of nitrogens with zero attached hydrogens (tertiary/aromatic N) is 1. The number of amides is 1. The number of carbonyl (C=O) groups is 1. The van der Waals surface area contributed by atoms with E-state index in [0.29, 0.717) is 22.9 Å². The number of halogens is 1. The van der Waals surface area contributed by atoms with Crippen molar-refractivity contribution in [1.29, 1.82) is 0 Å². The number of anilines is 1. The van der Waals surface area contributed by atoms with Crippen LogP contribution in [0, 0.1) is 20.8 Å². The second-order valence-electron chi connectivity index (χ2n) is 7.65. The van der Waals surface area contributed by atoms with E-state index in [0.717, 1.165) is 38.0 Å². The Morgan fingerprint density at radius 3 is 2.50 bits per heavy atom. The zero-order valence-electron chi connectivity index (χ0n) is 18.4. The predicted molar refractivity (Wildman–Crippen MR) is 132 cm³/mol. The molecule has 32 heavy (non-hydrogen) atoms. The number of aryl methyl sites for hydroxylation is 2. The molecule has 1 heterocycles. The summed E-state index contributed by atoms with van der Waals surface area (Å²) in [5, 5.41) is 2.91. The number of ether oxygens (including phenoxy) is 1. The van der Waals surface area contributed by atoms with E-state index in [4.69, 9.17) is 4.74 Å². The van der Waals surface area contributed by atoms with Crippen molar-refractivity contribution in [3.8, 4) is 28.3 Å². The maximum Gasteiger partial charge on any atom is 0.276 e.